The van der Waals surface area contributed by atoms with Crippen molar-refractivity contribution in [2.45, 2.75) is 13.3 Å². The Labute approximate surface area is 123 Å². The van der Waals surface area contributed by atoms with Gasteiger partial charge in [-0.3, -0.25) is 0 Å². The van der Waals surface area contributed by atoms with Crippen molar-refractivity contribution >= 4 is 23.3 Å². The Bertz CT molecular complexity index is 494. The Balaban J connectivity index is 2.01. The third kappa shape index (κ3) is 3.55. The maximum absolute atomic E-state index is 12.1. The zero-order chi connectivity index (χ0) is 14.5. The quantitative estimate of drug-likeness (QED) is 0.851. The van der Waals surface area contributed by atoms with Gasteiger partial charge in [0.25, 0.3) is 0 Å². The highest BCUT2D eigenvalue weighted by Gasteiger charge is 2.20. The number of nitrogens with zero attached hydrogens (tertiary/aromatic N) is 1. The lowest BCUT2D eigenvalue weighted by atomic mass is 10.1. The molecule has 2 rings (SSSR count). The first kappa shape index (κ1) is 14.9. The number of likely N-dealkylation sites (N-methyl/N-ethyl adjacent to an activating group) is 1. The van der Waals surface area contributed by atoms with Gasteiger partial charge in [-0.05, 0) is 19.1 Å². The maximum Gasteiger partial charge on any atom is 0.321 e. The Morgan fingerprint density at radius 1 is 1.55 bits per heavy atom. The average Bonchev–Trinajstić information content (AvgIpc) is 2.86. The monoisotopic (exact) mass is 298 g/mol. The summed E-state index contributed by atoms with van der Waals surface area (Å²) in [6.45, 7) is 4.24. The van der Waals surface area contributed by atoms with E-state index < -0.39 is 0 Å². The third-order valence-corrected chi connectivity index (χ3v) is 3.33. The first-order valence-electron chi connectivity index (χ1n) is 6.67. The van der Waals surface area contributed by atoms with E-state index >= 15 is 0 Å². The van der Waals surface area contributed by atoms with Crippen LogP contribution in [-0.4, -0.2) is 44.3 Å². The van der Waals surface area contributed by atoms with E-state index in [1.807, 2.05) is 13.0 Å². The SMILES string of the molecule is CCOCCN(C)C(=O)Nc1cc(Cl)cc2c1OCC2. The molecule has 1 aliphatic rings. The Morgan fingerprint density at radius 3 is 3.10 bits per heavy atom. The predicted octanol–water partition coefficient (Wildman–Crippen LogP) is 2.78. The van der Waals surface area contributed by atoms with Crippen molar-refractivity contribution in [3.8, 4) is 5.75 Å². The van der Waals surface area contributed by atoms with Crippen molar-refractivity contribution in [3.63, 3.8) is 0 Å². The zero-order valence-corrected chi connectivity index (χ0v) is 12.5. The highest BCUT2D eigenvalue weighted by Crippen LogP contribution is 2.36. The number of ether oxygens (including phenoxy) is 2. The fourth-order valence-electron chi connectivity index (χ4n) is 2.02. The molecule has 0 aromatic heterocycles. The van der Waals surface area contributed by atoms with Gasteiger partial charge in [0, 0.05) is 37.2 Å². The molecular weight excluding hydrogens is 280 g/mol. The van der Waals surface area contributed by atoms with E-state index in [2.05, 4.69) is 5.32 Å². The summed E-state index contributed by atoms with van der Waals surface area (Å²) in [6.07, 6.45) is 0.818. The topological polar surface area (TPSA) is 50.8 Å². The molecule has 1 aromatic rings. The molecule has 110 valence electrons. The largest absolute Gasteiger partial charge is 0.491 e. The van der Waals surface area contributed by atoms with Crippen LogP contribution >= 0.6 is 11.6 Å². The van der Waals surface area contributed by atoms with Gasteiger partial charge in [-0.15, -0.1) is 0 Å². The number of nitrogens with one attached hydrogen (secondary N) is 1. The molecule has 0 saturated heterocycles. The molecule has 1 aliphatic heterocycles. The van der Waals surface area contributed by atoms with E-state index in [0.29, 0.717) is 37.1 Å². The molecule has 20 heavy (non-hydrogen) atoms. The van der Waals surface area contributed by atoms with Crippen LogP contribution in [0.25, 0.3) is 0 Å². The van der Waals surface area contributed by atoms with Gasteiger partial charge in [0.1, 0.15) is 5.75 Å². The molecule has 0 bridgehead atoms. The summed E-state index contributed by atoms with van der Waals surface area (Å²) in [4.78, 5) is 13.6. The van der Waals surface area contributed by atoms with Gasteiger partial charge >= 0.3 is 6.03 Å². The second-order valence-electron chi connectivity index (χ2n) is 4.59. The minimum Gasteiger partial charge on any atom is -0.491 e. The lowest BCUT2D eigenvalue weighted by Gasteiger charge is -2.19. The normalized spacial score (nSPS) is 12.8. The molecular formula is C14H19ClN2O3. The Kier molecular flexibility index (Phi) is 5.09. The van der Waals surface area contributed by atoms with Crippen LogP contribution in [0.2, 0.25) is 5.02 Å². The van der Waals surface area contributed by atoms with E-state index in [1.165, 1.54) is 0 Å². The molecule has 5 nitrogen and oxygen atoms in total. The molecule has 1 heterocycles. The summed E-state index contributed by atoms with van der Waals surface area (Å²) >= 11 is 6.05. The number of anilines is 1. The van der Waals surface area contributed by atoms with E-state index in [0.717, 1.165) is 17.7 Å². The van der Waals surface area contributed by atoms with Crippen LogP contribution in [0.1, 0.15) is 12.5 Å². The summed E-state index contributed by atoms with van der Waals surface area (Å²) in [5.41, 5.74) is 1.66. The summed E-state index contributed by atoms with van der Waals surface area (Å²) in [7, 11) is 1.72. The molecule has 1 N–H and O–H groups in total. The zero-order valence-electron chi connectivity index (χ0n) is 11.7. The number of halogens is 1. The first-order chi connectivity index (χ1) is 9.61. The summed E-state index contributed by atoms with van der Waals surface area (Å²) in [5.74, 6) is 0.723. The smallest absolute Gasteiger partial charge is 0.321 e. The van der Waals surface area contributed by atoms with Gasteiger partial charge in [-0.1, -0.05) is 11.6 Å². The van der Waals surface area contributed by atoms with Gasteiger partial charge in [-0.25, -0.2) is 4.79 Å². The third-order valence-electron chi connectivity index (χ3n) is 3.11. The number of urea groups is 1. The van der Waals surface area contributed by atoms with Crippen molar-refractivity contribution in [2.75, 3.05) is 38.7 Å². The second kappa shape index (κ2) is 6.81. The van der Waals surface area contributed by atoms with E-state index in [-0.39, 0.29) is 6.03 Å². The van der Waals surface area contributed by atoms with Crippen LogP contribution in [0.5, 0.6) is 5.75 Å². The highest BCUT2D eigenvalue weighted by atomic mass is 35.5. The standard InChI is InChI=1S/C14H19ClN2O3/c1-3-19-7-5-17(2)14(18)16-12-9-11(15)8-10-4-6-20-13(10)12/h8-9H,3-7H2,1-2H3,(H,16,18). The molecule has 0 radical (unpaired) electrons. The van der Waals surface area contributed by atoms with Crippen molar-refractivity contribution in [2.24, 2.45) is 0 Å². The molecule has 1 aromatic carbocycles. The maximum atomic E-state index is 12.1. The number of hydrogen-bond acceptors (Lipinski definition) is 3. The number of hydrogen-bond donors (Lipinski definition) is 1. The summed E-state index contributed by atoms with van der Waals surface area (Å²) < 4.78 is 10.8. The van der Waals surface area contributed by atoms with Crippen LogP contribution in [0, 0.1) is 0 Å². The minimum absolute atomic E-state index is 0.204. The molecule has 0 spiro atoms. The van der Waals surface area contributed by atoms with Gasteiger partial charge in [0.2, 0.25) is 0 Å². The van der Waals surface area contributed by atoms with Crippen molar-refractivity contribution in [1.29, 1.82) is 0 Å². The number of rotatable bonds is 5. The second-order valence-corrected chi connectivity index (χ2v) is 5.03. The average molecular weight is 299 g/mol. The molecule has 0 aliphatic carbocycles. The number of carbonyl (C=O) groups is 1. The van der Waals surface area contributed by atoms with Crippen molar-refractivity contribution in [1.82, 2.24) is 4.90 Å². The Hall–Kier alpha value is -1.46. The first-order valence-corrected chi connectivity index (χ1v) is 7.04. The number of fused-ring (bicyclic) bond motifs is 1. The summed E-state index contributed by atoms with van der Waals surface area (Å²) in [6, 6.07) is 3.38. The molecule has 6 heteroatoms. The van der Waals surface area contributed by atoms with E-state index in [4.69, 9.17) is 21.1 Å². The van der Waals surface area contributed by atoms with Crippen LogP contribution < -0.4 is 10.1 Å². The van der Waals surface area contributed by atoms with Crippen LogP contribution in [0.4, 0.5) is 10.5 Å². The Morgan fingerprint density at radius 2 is 2.35 bits per heavy atom. The van der Waals surface area contributed by atoms with E-state index in [9.17, 15) is 4.79 Å². The van der Waals surface area contributed by atoms with Gasteiger partial charge in [0.05, 0.1) is 18.9 Å². The van der Waals surface area contributed by atoms with Crippen LogP contribution in [0.3, 0.4) is 0 Å². The number of carbonyl (C=O) groups excluding carboxylic acids is 1. The molecule has 0 saturated carbocycles. The van der Waals surface area contributed by atoms with Gasteiger partial charge in [-0.2, -0.15) is 0 Å². The van der Waals surface area contributed by atoms with E-state index in [1.54, 1.807) is 18.0 Å². The molecule has 0 fully saturated rings. The molecule has 2 amide bonds. The van der Waals surface area contributed by atoms with Crippen molar-refractivity contribution in [3.05, 3.63) is 22.7 Å². The fourth-order valence-corrected chi connectivity index (χ4v) is 2.26. The molecule has 0 atom stereocenters. The number of amides is 2. The van der Waals surface area contributed by atoms with Crippen molar-refractivity contribution < 1.29 is 14.3 Å². The minimum atomic E-state index is -0.204. The summed E-state index contributed by atoms with van der Waals surface area (Å²) in [5, 5.41) is 3.43. The van der Waals surface area contributed by atoms with Gasteiger partial charge < -0.3 is 19.7 Å². The highest BCUT2D eigenvalue weighted by molar-refractivity contribution is 6.31. The number of benzene rings is 1. The fraction of sp³-hybridized carbons (Fsp3) is 0.500. The van der Waals surface area contributed by atoms with Crippen LogP contribution in [-0.2, 0) is 11.2 Å². The lowest BCUT2D eigenvalue weighted by Crippen LogP contribution is -2.34. The van der Waals surface area contributed by atoms with Crippen LogP contribution in [0.15, 0.2) is 12.1 Å². The lowest BCUT2D eigenvalue weighted by molar-refractivity contribution is 0.128. The van der Waals surface area contributed by atoms with Gasteiger partial charge in [0.15, 0.2) is 0 Å². The molecule has 0 unspecified atom stereocenters. The predicted molar refractivity (Wildman–Crippen MR) is 78.8 cm³/mol.